The summed E-state index contributed by atoms with van der Waals surface area (Å²) in [5.74, 6) is 0.798. The van der Waals surface area contributed by atoms with Crippen LogP contribution in [0, 0.1) is 0 Å². The summed E-state index contributed by atoms with van der Waals surface area (Å²) >= 11 is 6.51. The molecule has 6 nitrogen and oxygen atoms in total. The third-order valence-corrected chi connectivity index (χ3v) is 5.78. The summed E-state index contributed by atoms with van der Waals surface area (Å²) in [6.07, 6.45) is 5.55. The van der Waals surface area contributed by atoms with Crippen molar-refractivity contribution in [3.05, 3.63) is 22.8 Å². The minimum Gasteiger partial charge on any atom is -0.378 e. The Balaban J connectivity index is 1.47. The van der Waals surface area contributed by atoms with E-state index in [2.05, 4.69) is 14.8 Å². The van der Waals surface area contributed by atoms with Gasteiger partial charge in [-0.2, -0.15) is 0 Å². The number of pyridine rings is 1. The topological polar surface area (TPSA) is 48.9 Å². The molecule has 4 rings (SSSR count). The molecule has 3 aliphatic heterocycles. The van der Waals surface area contributed by atoms with Gasteiger partial charge in [-0.1, -0.05) is 18.0 Å². The quantitative estimate of drug-likeness (QED) is 0.802. The number of halogens is 1. The molecule has 3 aliphatic rings. The highest BCUT2D eigenvalue weighted by Crippen LogP contribution is 2.29. The summed E-state index contributed by atoms with van der Waals surface area (Å²) in [7, 11) is 0. The summed E-state index contributed by atoms with van der Waals surface area (Å²) < 4.78 is 5.31. The molecule has 0 aromatic carbocycles. The maximum absolute atomic E-state index is 12.6. The van der Waals surface area contributed by atoms with Crippen molar-refractivity contribution in [1.29, 1.82) is 0 Å². The Morgan fingerprint density at radius 2 is 2.00 bits per heavy atom. The van der Waals surface area contributed by atoms with Crippen LogP contribution in [0.3, 0.4) is 0 Å². The van der Waals surface area contributed by atoms with E-state index in [0.717, 1.165) is 25.5 Å². The first-order chi connectivity index (χ1) is 12.2. The lowest BCUT2D eigenvalue weighted by Crippen LogP contribution is -2.55. The highest BCUT2D eigenvalue weighted by molar-refractivity contribution is 6.33. The Morgan fingerprint density at radius 3 is 2.80 bits per heavy atom. The van der Waals surface area contributed by atoms with Gasteiger partial charge < -0.3 is 14.5 Å². The Kier molecular flexibility index (Phi) is 5.10. The maximum atomic E-state index is 12.6. The van der Waals surface area contributed by atoms with Crippen molar-refractivity contribution in [2.45, 2.75) is 25.3 Å². The molecule has 0 N–H and O–H groups in total. The van der Waals surface area contributed by atoms with Gasteiger partial charge >= 0.3 is 0 Å². The molecule has 3 saturated heterocycles. The molecule has 25 heavy (non-hydrogen) atoms. The second-order valence-electron chi connectivity index (χ2n) is 7.07. The van der Waals surface area contributed by atoms with E-state index in [-0.39, 0.29) is 5.91 Å². The largest absolute Gasteiger partial charge is 0.378 e. The van der Waals surface area contributed by atoms with Crippen molar-refractivity contribution in [1.82, 2.24) is 14.8 Å². The van der Waals surface area contributed by atoms with Gasteiger partial charge in [0.25, 0.3) is 5.91 Å². The van der Waals surface area contributed by atoms with E-state index < -0.39 is 0 Å². The third kappa shape index (κ3) is 3.61. The third-order valence-electron chi connectivity index (χ3n) is 5.50. The molecule has 3 fully saturated rings. The molecular weight excluding hydrogens is 340 g/mol. The van der Waals surface area contributed by atoms with E-state index in [1.54, 1.807) is 17.2 Å². The van der Waals surface area contributed by atoms with Gasteiger partial charge in [-0.3, -0.25) is 9.69 Å². The minimum atomic E-state index is -0.0126. The molecule has 4 heterocycles. The number of morpholine rings is 1. The highest BCUT2D eigenvalue weighted by Gasteiger charge is 2.30. The molecule has 0 spiro atoms. The minimum absolute atomic E-state index is 0.0126. The van der Waals surface area contributed by atoms with Crippen molar-refractivity contribution in [3.63, 3.8) is 0 Å². The first kappa shape index (κ1) is 17.1. The first-order valence-corrected chi connectivity index (χ1v) is 9.62. The van der Waals surface area contributed by atoms with Gasteiger partial charge in [-0.25, -0.2) is 4.98 Å². The molecule has 1 aromatic heterocycles. The van der Waals surface area contributed by atoms with Crippen LogP contribution in [0.25, 0.3) is 0 Å². The van der Waals surface area contributed by atoms with Crippen LogP contribution in [0.5, 0.6) is 0 Å². The van der Waals surface area contributed by atoms with Crippen molar-refractivity contribution in [2.75, 3.05) is 57.4 Å². The smallest absolute Gasteiger partial charge is 0.255 e. The summed E-state index contributed by atoms with van der Waals surface area (Å²) in [5, 5.41) is 0.573. The maximum Gasteiger partial charge on any atom is 0.255 e. The fourth-order valence-corrected chi connectivity index (χ4v) is 4.36. The summed E-state index contributed by atoms with van der Waals surface area (Å²) in [6, 6.07) is 2.38. The van der Waals surface area contributed by atoms with E-state index in [1.165, 1.54) is 25.8 Å². The molecule has 1 aromatic rings. The number of rotatable bonds is 2. The lowest BCUT2D eigenvalue weighted by molar-refractivity contribution is 0.0302. The standard InChI is InChI=1S/C18H25ClN4O2/c19-16-11-14(18(24)22-7-9-25-10-8-22)12-20-17(16)23-6-5-21-4-2-1-3-15(21)13-23/h11-12,15H,1-10,13H2. The number of hydrogen-bond donors (Lipinski definition) is 0. The molecule has 136 valence electrons. The van der Waals surface area contributed by atoms with Crippen LogP contribution in [0.1, 0.15) is 29.6 Å². The number of anilines is 1. The highest BCUT2D eigenvalue weighted by atomic mass is 35.5. The van der Waals surface area contributed by atoms with Crippen LogP contribution in [-0.4, -0.2) is 79.2 Å². The molecule has 0 bridgehead atoms. The van der Waals surface area contributed by atoms with Crippen LogP contribution in [0.4, 0.5) is 5.82 Å². The molecule has 0 radical (unpaired) electrons. The number of fused-ring (bicyclic) bond motifs is 1. The Morgan fingerprint density at radius 1 is 1.16 bits per heavy atom. The molecular formula is C18H25ClN4O2. The van der Waals surface area contributed by atoms with Gasteiger partial charge in [0.1, 0.15) is 5.82 Å². The monoisotopic (exact) mass is 364 g/mol. The Bertz CT molecular complexity index is 636. The van der Waals surface area contributed by atoms with Crippen LogP contribution in [0.2, 0.25) is 5.02 Å². The second-order valence-corrected chi connectivity index (χ2v) is 7.47. The van der Waals surface area contributed by atoms with Gasteiger partial charge in [0.2, 0.25) is 0 Å². The number of carbonyl (C=O) groups is 1. The molecule has 0 aliphatic carbocycles. The lowest BCUT2D eigenvalue weighted by atomic mass is 9.99. The van der Waals surface area contributed by atoms with Gasteiger partial charge in [-0.05, 0) is 25.5 Å². The number of ether oxygens (including phenoxy) is 1. The van der Waals surface area contributed by atoms with E-state index in [9.17, 15) is 4.79 Å². The zero-order valence-electron chi connectivity index (χ0n) is 14.5. The fourth-order valence-electron chi connectivity index (χ4n) is 4.08. The lowest BCUT2D eigenvalue weighted by Gasteiger charge is -2.44. The van der Waals surface area contributed by atoms with Crippen LogP contribution in [0.15, 0.2) is 12.3 Å². The van der Waals surface area contributed by atoms with Crippen LogP contribution in [-0.2, 0) is 4.74 Å². The van der Waals surface area contributed by atoms with Gasteiger partial charge in [-0.15, -0.1) is 0 Å². The average Bonchev–Trinajstić information content (AvgIpc) is 2.67. The predicted molar refractivity (Wildman–Crippen MR) is 97.4 cm³/mol. The van der Waals surface area contributed by atoms with Crippen LogP contribution >= 0.6 is 11.6 Å². The zero-order valence-corrected chi connectivity index (χ0v) is 15.2. The van der Waals surface area contributed by atoms with E-state index in [1.807, 2.05) is 0 Å². The van der Waals surface area contributed by atoms with E-state index in [0.29, 0.717) is 42.9 Å². The number of hydrogen-bond acceptors (Lipinski definition) is 5. The van der Waals surface area contributed by atoms with Crippen molar-refractivity contribution in [2.24, 2.45) is 0 Å². The summed E-state index contributed by atoms with van der Waals surface area (Å²) in [5.41, 5.74) is 0.562. The molecule has 1 atom stereocenters. The first-order valence-electron chi connectivity index (χ1n) is 9.24. The summed E-state index contributed by atoms with van der Waals surface area (Å²) in [6.45, 7) is 6.64. The average molecular weight is 365 g/mol. The molecule has 7 heteroatoms. The van der Waals surface area contributed by atoms with Gasteiger partial charge in [0, 0.05) is 45.0 Å². The van der Waals surface area contributed by atoms with Gasteiger partial charge in [0.15, 0.2) is 0 Å². The fraction of sp³-hybridized carbons (Fsp3) is 0.667. The number of piperidine rings is 1. The molecule has 1 amide bonds. The Hall–Kier alpha value is -1.37. The van der Waals surface area contributed by atoms with Gasteiger partial charge in [0.05, 0.1) is 23.8 Å². The molecule has 1 unspecified atom stereocenters. The van der Waals surface area contributed by atoms with E-state index >= 15 is 0 Å². The number of piperazine rings is 1. The summed E-state index contributed by atoms with van der Waals surface area (Å²) in [4.78, 5) is 23.8. The second kappa shape index (κ2) is 7.48. The number of aromatic nitrogens is 1. The predicted octanol–water partition coefficient (Wildman–Crippen LogP) is 1.88. The Labute approximate surface area is 153 Å². The normalized spacial score (nSPS) is 24.9. The van der Waals surface area contributed by atoms with Crippen LogP contribution < -0.4 is 4.90 Å². The number of amides is 1. The van der Waals surface area contributed by atoms with Crippen molar-refractivity contribution < 1.29 is 9.53 Å². The number of nitrogens with zero attached hydrogens (tertiary/aromatic N) is 4. The van der Waals surface area contributed by atoms with E-state index in [4.69, 9.17) is 16.3 Å². The zero-order chi connectivity index (χ0) is 17.2. The van der Waals surface area contributed by atoms with Crippen molar-refractivity contribution >= 4 is 23.3 Å². The number of carbonyl (C=O) groups excluding carboxylic acids is 1. The van der Waals surface area contributed by atoms with Crippen molar-refractivity contribution in [3.8, 4) is 0 Å². The SMILES string of the molecule is O=C(c1cnc(N2CCN3CCCCC3C2)c(Cl)c1)N1CCOCC1. The molecule has 0 saturated carbocycles.